The Morgan fingerprint density at radius 1 is 0.976 bits per heavy atom. The number of benzene rings is 2. The number of aromatic nitrogens is 1. The molecule has 1 aromatic heterocycles. The summed E-state index contributed by atoms with van der Waals surface area (Å²) in [4.78, 5) is 15.9. The van der Waals surface area contributed by atoms with E-state index in [9.17, 15) is 26.4 Å². The number of aromatic amines is 1. The van der Waals surface area contributed by atoms with Gasteiger partial charge in [0, 0.05) is 30.7 Å². The average molecular weight is 604 g/mol. The molecule has 0 unspecified atom stereocenters. The second-order valence-electron chi connectivity index (χ2n) is 11.3. The number of alkyl halides is 3. The molecular weight excluding hydrogens is 567 g/mol. The van der Waals surface area contributed by atoms with Gasteiger partial charge in [0.05, 0.1) is 17.6 Å². The van der Waals surface area contributed by atoms with Crippen LogP contribution in [0, 0.1) is 0 Å². The largest absolute Gasteiger partial charge is 0.495 e. The third-order valence-corrected chi connectivity index (χ3v) is 10.2. The zero-order valence-electron chi connectivity index (χ0n) is 23.6. The van der Waals surface area contributed by atoms with Crippen molar-refractivity contribution in [3.8, 4) is 5.75 Å². The van der Waals surface area contributed by atoms with Crippen molar-refractivity contribution in [3.05, 3.63) is 76.6 Å². The molecule has 0 bridgehead atoms. The molecule has 0 radical (unpaired) electrons. The molecule has 3 N–H and O–H groups in total. The molecule has 7 nitrogen and oxygen atoms in total. The fourth-order valence-electron chi connectivity index (χ4n) is 6.03. The SMILES string of the molecule is COc1cc(C(F)(F)F)ccc1S(=O)(=O)c1ccc(CNC(=O)c2cc3c([nH]2)CC2(CCCCCCCC2)NC3)cc1. The molecule has 2 aliphatic rings. The normalized spacial score (nSPS) is 17.5. The van der Waals surface area contributed by atoms with E-state index in [0.717, 1.165) is 50.2 Å². The van der Waals surface area contributed by atoms with Crippen LogP contribution in [0.5, 0.6) is 5.75 Å². The number of halogens is 3. The molecule has 0 atom stereocenters. The molecule has 1 amide bonds. The summed E-state index contributed by atoms with van der Waals surface area (Å²) in [5, 5.41) is 6.67. The van der Waals surface area contributed by atoms with Gasteiger partial charge in [-0.25, -0.2) is 8.42 Å². The maximum atomic E-state index is 13.2. The summed E-state index contributed by atoms with van der Waals surface area (Å²) < 4.78 is 70.5. The number of sulfone groups is 1. The Balaban J connectivity index is 1.23. The molecule has 1 fully saturated rings. The van der Waals surface area contributed by atoms with Crippen molar-refractivity contribution in [2.24, 2.45) is 0 Å². The van der Waals surface area contributed by atoms with E-state index < -0.39 is 21.6 Å². The average Bonchev–Trinajstić information content (AvgIpc) is 3.43. The first kappa shape index (κ1) is 30.2. The van der Waals surface area contributed by atoms with Gasteiger partial charge in [-0.15, -0.1) is 0 Å². The summed E-state index contributed by atoms with van der Waals surface area (Å²) in [6, 6.07) is 10.0. The van der Waals surface area contributed by atoms with Crippen molar-refractivity contribution in [2.75, 3.05) is 7.11 Å². The standard InChI is InChI=1S/C31H36F3N3O4S/c1-41-27-17-23(31(32,33)34)10-13-28(27)42(39,40)24-11-8-21(9-12-24)19-35-29(38)25-16-22-20-36-30(18-26(22)37-25)14-6-4-2-3-5-7-15-30/h8-13,16-17,36-37H,2-7,14-15,18-20H2,1H3,(H,35,38). The van der Waals surface area contributed by atoms with E-state index in [2.05, 4.69) is 15.6 Å². The quantitative estimate of drug-likeness (QED) is 0.306. The Kier molecular flexibility index (Phi) is 8.71. The molecule has 1 saturated carbocycles. The maximum Gasteiger partial charge on any atom is 0.416 e. The number of carbonyl (C=O) groups is 1. The highest BCUT2D eigenvalue weighted by Crippen LogP contribution is 2.37. The molecule has 1 aliphatic heterocycles. The number of rotatable bonds is 6. The lowest BCUT2D eigenvalue weighted by Gasteiger charge is -2.38. The van der Waals surface area contributed by atoms with Crippen molar-refractivity contribution in [1.82, 2.24) is 15.6 Å². The highest BCUT2D eigenvalue weighted by Gasteiger charge is 2.35. The number of fused-ring (bicyclic) bond motifs is 1. The van der Waals surface area contributed by atoms with E-state index in [1.54, 1.807) is 12.1 Å². The summed E-state index contributed by atoms with van der Waals surface area (Å²) in [6.07, 6.45) is 6.12. The van der Waals surface area contributed by atoms with E-state index >= 15 is 0 Å². The van der Waals surface area contributed by atoms with Gasteiger partial charge in [0.25, 0.3) is 5.91 Å². The number of methoxy groups -OCH3 is 1. The van der Waals surface area contributed by atoms with Crippen LogP contribution in [0.3, 0.4) is 0 Å². The Labute approximate surface area is 244 Å². The predicted octanol–water partition coefficient (Wildman–Crippen LogP) is 6.32. The minimum Gasteiger partial charge on any atom is -0.495 e. The van der Waals surface area contributed by atoms with Crippen LogP contribution >= 0.6 is 0 Å². The van der Waals surface area contributed by atoms with E-state index in [1.165, 1.54) is 50.7 Å². The minimum atomic E-state index is -4.63. The molecule has 1 aliphatic carbocycles. The summed E-state index contributed by atoms with van der Waals surface area (Å²) >= 11 is 0. The van der Waals surface area contributed by atoms with Crippen LogP contribution in [0.4, 0.5) is 13.2 Å². The Hall–Kier alpha value is -3.31. The van der Waals surface area contributed by atoms with Gasteiger partial charge in [-0.2, -0.15) is 13.2 Å². The third-order valence-electron chi connectivity index (χ3n) is 8.43. The minimum absolute atomic E-state index is 0.0857. The lowest BCUT2D eigenvalue weighted by atomic mass is 9.80. The first-order chi connectivity index (χ1) is 20.0. The monoisotopic (exact) mass is 603 g/mol. The number of hydrogen-bond acceptors (Lipinski definition) is 5. The molecule has 226 valence electrons. The Bertz CT molecular complexity index is 1520. The van der Waals surface area contributed by atoms with Crippen molar-refractivity contribution in [1.29, 1.82) is 0 Å². The van der Waals surface area contributed by atoms with Crippen LogP contribution in [-0.2, 0) is 35.5 Å². The highest BCUT2D eigenvalue weighted by molar-refractivity contribution is 7.91. The van der Waals surface area contributed by atoms with Gasteiger partial charge in [0.2, 0.25) is 9.84 Å². The molecule has 11 heteroatoms. The summed E-state index contributed by atoms with van der Waals surface area (Å²) in [5.74, 6) is -0.639. The van der Waals surface area contributed by atoms with Crippen LogP contribution in [0.25, 0.3) is 0 Å². The first-order valence-corrected chi connectivity index (χ1v) is 15.8. The van der Waals surface area contributed by atoms with Gasteiger partial charge in [-0.05, 0) is 60.4 Å². The fraction of sp³-hybridized carbons (Fsp3) is 0.452. The number of ether oxygens (including phenoxy) is 1. The second kappa shape index (κ2) is 12.1. The van der Waals surface area contributed by atoms with Gasteiger partial charge in [0.15, 0.2) is 0 Å². The number of nitrogens with one attached hydrogen (secondary N) is 3. The van der Waals surface area contributed by atoms with E-state index in [1.807, 2.05) is 6.07 Å². The second-order valence-corrected chi connectivity index (χ2v) is 13.2. The van der Waals surface area contributed by atoms with Crippen LogP contribution in [0.15, 0.2) is 58.3 Å². The summed E-state index contributed by atoms with van der Waals surface area (Å²) in [6.45, 7) is 0.910. The van der Waals surface area contributed by atoms with Gasteiger partial charge >= 0.3 is 6.18 Å². The molecule has 2 aromatic carbocycles. The van der Waals surface area contributed by atoms with Gasteiger partial charge in [-0.3, -0.25) is 4.79 Å². The topological polar surface area (TPSA) is 100 Å². The van der Waals surface area contributed by atoms with Gasteiger partial charge < -0.3 is 20.4 Å². The van der Waals surface area contributed by atoms with Crippen LogP contribution in [0.1, 0.15) is 84.2 Å². The van der Waals surface area contributed by atoms with Crippen LogP contribution in [0.2, 0.25) is 0 Å². The summed E-state index contributed by atoms with van der Waals surface area (Å²) in [7, 11) is -3.03. The van der Waals surface area contributed by atoms with Crippen molar-refractivity contribution in [2.45, 2.75) is 92.4 Å². The number of amides is 1. The predicted molar refractivity (Wildman–Crippen MR) is 152 cm³/mol. The van der Waals surface area contributed by atoms with Gasteiger partial charge in [-0.1, -0.05) is 50.7 Å². The number of carbonyl (C=O) groups excluding carboxylic acids is 1. The summed E-state index contributed by atoms with van der Waals surface area (Å²) in [5.41, 5.74) is 2.48. The molecule has 1 spiro atoms. The van der Waals surface area contributed by atoms with Gasteiger partial charge in [0.1, 0.15) is 16.3 Å². The van der Waals surface area contributed by atoms with E-state index in [4.69, 9.17) is 4.74 Å². The molecule has 42 heavy (non-hydrogen) atoms. The molecule has 5 rings (SSSR count). The smallest absolute Gasteiger partial charge is 0.416 e. The lowest BCUT2D eigenvalue weighted by Crippen LogP contribution is -2.49. The zero-order valence-corrected chi connectivity index (χ0v) is 24.4. The van der Waals surface area contributed by atoms with Crippen LogP contribution < -0.4 is 15.4 Å². The first-order valence-electron chi connectivity index (χ1n) is 14.3. The number of H-pyrrole nitrogens is 1. The maximum absolute atomic E-state index is 13.2. The fourth-order valence-corrected chi connectivity index (χ4v) is 7.43. The third kappa shape index (κ3) is 6.52. The lowest BCUT2D eigenvalue weighted by molar-refractivity contribution is -0.137. The van der Waals surface area contributed by atoms with Crippen molar-refractivity contribution >= 4 is 15.7 Å². The molecular formula is C31H36F3N3O4S. The Morgan fingerprint density at radius 2 is 1.64 bits per heavy atom. The Morgan fingerprint density at radius 3 is 2.29 bits per heavy atom. The van der Waals surface area contributed by atoms with Crippen LogP contribution in [-0.4, -0.2) is 32.0 Å². The van der Waals surface area contributed by atoms with E-state index in [-0.39, 0.29) is 33.5 Å². The zero-order chi connectivity index (χ0) is 30.0. The molecule has 2 heterocycles. The van der Waals surface area contributed by atoms with Crippen molar-refractivity contribution < 1.29 is 31.1 Å². The van der Waals surface area contributed by atoms with E-state index in [0.29, 0.717) is 23.4 Å². The molecule has 0 saturated heterocycles. The van der Waals surface area contributed by atoms with Crippen molar-refractivity contribution in [3.63, 3.8) is 0 Å². The highest BCUT2D eigenvalue weighted by atomic mass is 32.2. The number of hydrogen-bond donors (Lipinski definition) is 3. The molecule has 3 aromatic rings.